The minimum Gasteiger partial charge on any atom is -0.398 e. The number of nitrogens with one attached hydrogen (secondary N) is 1. The van der Waals surface area contributed by atoms with Gasteiger partial charge in [0.1, 0.15) is 0 Å². The van der Waals surface area contributed by atoms with Crippen molar-refractivity contribution < 1.29 is 8.42 Å². The number of halogens is 1. The van der Waals surface area contributed by atoms with E-state index in [0.717, 1.165) is 12.8 Å². The summed E-state index contributed by atoms with van der Waals surface area (Å²) in [6.07, 6.45) is 1.53. The maximum Gasteiger partial charge on any atom is 0.301 e. The molecule has 0 fully saturated rings. The van der Waals surface area contributed by atoms with Gasteiger partial charge in [-0.25, -0.2) is 0 Å². The zero-order valence-electron chi connectivity index (χ0n) is 11.2. The summed E-state index contributed by atoms with van der Waals surface area (Å²) in [6, 6.07) is 4.67. The Morgan fingerprint density at radius 1 is 1.26 bits per heavy atom. The van der Waals surface area contributed by atoms with E-state index in [4.69, 9.17) is 17.3 Å². The van der Waals surface area contributed by atoms with Crippen LogP contribution < -0.4 is 10.5 Å². The highest BCUT2D eigenvalue weighted by Gasteiger charge is 2.20. The molecule has 0 saturated carbocycles. The zero-order chi connectivity index (χ0) is 14.5. The van der Waals surface area contributed by atoms with E-state index in [2.05, 4.69) is 4.72 Å². The summed E-state index contributed by atoms with van der Waals surface area (Å²) in [4.78, 5) is 0. The quantitative estimate of drug-likeness (QED) is 0.761. The summed E-state index contributed by atoms with van der Waals surface area (Å²) < 4.78 is 28.4. The van der Waals surface area contributed by atoms with Gasteiger partial charge in [-0.15, -0.1) is 0 Å². The van der Waals surface area contributed by atoms with E-state index in [9.17, 15) is 8.42 Å². The lowest BCUT2D eigenvalue weighted by molar-refractivity contribution is 0.413. The lowest BCUT2D eigenvalue weighted by atomic mass is 10.3. The molecule has 0 unspecified atom stereocenters. The van der Waals surface area contributed by atoms with Crippen molar-refractivity contribution in [3.05, 3.63) is 23.2 Å². The molecular formula is C12H20ClN3O2S. The van der Waals surface area contributed by atoms with Crippen LogP contribution in [0.3, 0.4) is 0 Å². The predicted molar refractivity (Wildman–Crippen MR) is 80.6 cm³/mol. The van der Waals surface area contributed by atoms with Crippen molar-refractivity contribution in [1.82, 2.24) is 4.31 Å². The van der Waals surface area contributed by atoms with Gasteiger partial charge in [-0.3, -0.25) is 4.72 Å². The fraction of sp³-hybridized carbons (Fsp3) is 0.500. The number of benzene rings is 1. The van der Waals surface area contributed by atoms with Crippen LogP contribution in [-0.2, 0) is 10.2 Å². The van der Waals surface area contributed by atoms with Crippen LogP contribution in [0.5, 0.6) is 0 Å². The van der Waals surface area contributed by atoms with Crippen LogP contribution in [0.25, 0.3) is 0 Å². The molecular weight excluding hydrogens is 286 g/mol. The molecule has 5 nitrogen and oxygen atoms in total. The van der Waals surface area contributed by atoms with Crippen LogP contribution in [0.1, 0.15) is 26.7 Å². The Bertz CT molecular complexity index is 514. The minimum atomic E-state index is -3.55. The number of nitrogens with zero attached hydrogens (tertiary/aromatic N) is 1. The number of nitrogens with two attached hydrogens (primary N) is 1. The number of anilines is 2. The van der Waals surface area contributed by atoms with E-state index < -0.39 is 10.2 Å². The van der Waals surface area contributed by atoms with E-state index in [1.54, 1.807) is 12.1 Å². The Hall–Kier alpha value is -0.980. The van der Waals surface area contributed by atoms with E-state index in [0.29, 0.717) is 29.5 Å². The molecule has 1 aromatic carbocycles. The molecule has 0 aliphatic rings. The van der Waals surface area contributed by atoms with Gasteiger partial charge in [-0.2, -0.15) is 12.7 Å². The first-order chi connectivity index (χ1) is 8.90. The van der Waals surface area contributed by atoms with E-state index in [1.807, 2.05) is 13.8 Å². The molecule has 0 aromatic heterocycles. The van der Waals surface area contributed by atoms with Crippen molar-refractivity contribution >= 4 is 33.2 Å². The van der Waals surface area contributed by atoms with Crippen LogP contribution in [-0.4, -0.2) is 25.8 Å². The Morgan fingerprint density at radius 2 is 1.84 bits per heavy atom. The first-order valence-electron chi connectivity index (χ1n) is 6.23. The van der Waals surface area contributed by atoms with Gasteiger partial charge in [0.2, 0.25) is 0 Å². The van der Waals surface area contributed by atoms with E-state index >= 15 is 0 Å². The third kappa shape index (κ3) is 4.56. The number of rotatable bonds is 7. The smallest absolute Gasteiger partial charge is 0.301 e. The van der Waals surface area contributed by atoms with Gasteiger partial charge in [-0.05, 0) is 31.0 Å². The zero-order valence-corrected chi connectivity index (χ0v) is 12.8. The Kier molecular flexibility index (Phi) is 5.90. The molecule has 3 N–H and O–H groups in total. The van der Waals surface area contributed by atoms with Crippen molar-refractivity contribution in [2.75, 3.05) is 23.5 Å². The van der Waals surface area contributed by atoms with Crippen LogP contribution in [0.15, 0.2) is 18.2 Å². The highest BCUT2D eigenvalue weighted by molar-refractivity contribution is 7.90. The van der Waals surface area contributed by atoms with Gasteiger partial charge >= 0.3 is 10.2 Å². The summed E-state index contributed by atoms with van der Waals surface area (Å²) in [5.74, 6) is 0. The third-order valence-electron chi connectivity index (χ3n) is 2.53. The average molecular weight is 306 g/mol. The molecule has 0 atom stereocenters. The number of nitrogen functional groups attached to an aromatic ring is 1. The van der Waals surface area contributed by atoms with Crippen molar-refractivity contribution in [3.8, 4) is 0 Å². The standard InChI is InChI=1S/C12H20ClN3O2S/c1-3-7-16(8-4-2)19(17,18)15-10-5-6-12(14)11(13)9-10/h5-6,9,15H,3-4,7-8,14H2,1-2H3. The van der Waals surface area contributed by atoms with Crippen molar-refractivity contribution in [1.29, 1.82) is 0 Å². The molecule has 1 aromatic rings. The molecule has 0 saturated heterocycles. The first-order valence-corrected chi connectivity index (χ1v) is 8.05. The Labute approximate surface area is 119 Å². The molecule has 0 aliphatic heterocycles. The highest BCUT2D eigenvalue weighted by atomic mass is 35.5. The monoisotopic (exact) mass is 305 g/mol. The summed E-state index contributed by atoms with van der Waals surface area (Å²) in [5.41, 5.74) is 6.42. The van der Waals surface area contributed by atoms with Gasteiger partial charge in [0, 0.05) is 13.1 Å². The lowest BCUT2D eigenvalue weighted by Gasteiger charge is -2.21. The lowest BCUT2D eigenvalue weighted by Crippen LogP contribution is -2.37. The summed E-state index contributed by atoms with van der Waals surface area (Å²) in [7, 11) is -3.55. The Morgan fingerprint density at radius 3 is 2.32 bits per heavy atom. The van der Waals surface area contributed by atoms with E-state index in [1.165, 1.54) is 10.4 Å². The van der Waals surface area contributed by atoms with Crippen LogP contribution >= 0.6 is 11.6 Å². The number of hydrogen-bond donors (Lipinski definition) is 2. The third-order valence-corrected chi connectivity index (χ3v) is 4.40. The topological polar surface area (TPSA) is 75.4 Å². The molecule has 0 amide bonds. The maximum atomic E-state index is 12.2. The first kappa shape index (κ1) is 16.1. The normalized spacial score (nSPS) is 11.8. The molecule has 0 heterocycles. The molecule has 0 radical (unpaired) electrons. The molecule has 1 rings (SSSR count). The fourth-order valence-corrected chi connectivity index (χ4v) is 3.24. The average Bonchev–Trinajstić information content (AvgIpc) is 2.33. The molecule has 0 bridgehead atoms. The van der Waals surface area contributed by atoms with Crippen LogP contribution in [0.2, 0.25) is 5.02 Å². The molecule has 108 valence electrons. The largest absolute Gasteiger partial charge is 0.398 e. The van der Waals surface area contributed by atoms with Crippen molar-refractivity contribution in [2.45, 2.75) is 26.7 Å². The van der Waals surface area contributed by atoms with Gasteiger partial charge in [0.15, 0.2) is 0 Å². The second-order valence-corrected chi connectivity index (χ2v) is 6.32. The van der Waals surface area contributed by atoms with Gasteiger partial charge in [-0.1, -0.05) is 25.4 Å². The van der Waals surface area contributed by atoms with Crippen molar-refractivity contribution in [2.24, 2.45) is 0 Å². The van der Waals surface area contributed by atoms with Gasteiger partial charge < -0.3 is 5.73 Å². The van der Waals surface area contributed by atoms with Crippen LogP contribution in [0.4, 0.5) is 11.4 Å². The summed E-state index contributed by atoms with van der Waals surface area (Å²) >= 11 is 5.87. The second kappa shape index (κ2) is 6.98. The number of hydrogen-bond acceptors (Lipinski definition) is 3. The minimum absolute atomic E-state index is 0.331. The molecule has 19 heavy (non-hydrogen) atoms. The van der Waals surface area contributed by atoms with Gasteiger partial charge in [0.25, 0.3) is 0 Å². The second-order valence-electron chi connectivity index (χ2n) is 4.24. The summed E-state index contributed by atoms with van der Waals surface area (Å²) in [6.45, 7) is 4.87. The highest BCUT2D eigenvalue weighted by Crippen LogP contribution is 2.23. The summed E-state index contributed by atoms with van der Waals surface area (Å²) in [5, 5.41) is 0.331. The predicted octanol–water partition coefficient (Wildman–Crippen LogP) is 2.70. The Balaban J connectivity index is 2.90. The maximum absolute atomic E-state index is 12.2. The van der Waals surface area contributed by atoms with E-state index in [-0.39, 0.29) is 0 Å². The SMILES string of the molecule is CCCN(CCC)S(=O)(=O)Nc1ccc(N)c(Cl)c1. The van der Waals surface area contributed by atoms with Gasteiger partial charge in [0.05, 0.1) is 16.4 Å². The molecule has 0 spiro atoms. The fourth-order valence-electron chi connectivity index (χ4n) is 1.66. The molecule has 0 aliphatic carbocycles. The van der Waals surface area contributed by atoms with Crippen molar-refractivity contribution in [3.63, 3.8) is 0 Å². The van der Waals surface area contributed by atoms with Crippen LogP contribution in [0, 0.1) is 0 Å². The molecule has 7 heteroatoms.